The molecule has 0 aromatic heterocycles. The van der Waals surface area contributed by atoms with Crippen molar-refractivity contribution < 1.29 is 24.0 Å². The second-order valence-electron chi connectivity index (χ2n) is 9.32. The fourth-order valence-electron chi connectivity index (χ4n) is 3.65. The van der Waals surface area contributed by atoms with Gasteiger partial charge in [-0.05, 0) is 56.0 Å². The summed E-state index contributed by atoms with van der Waals surface area (Å²) in [5.74, 6) is -0.634. The lowest BCUT2D eigenvalue weighted by molar-refractivity contribution is -0.384. The van der Waals surface area contributed by atoms with Crippen LogP contribution in [0, 0.1) is 10.1 Å². The van der Waals surface area contributed by atoms with E-state index in [0.29, 0.717) is 30.6 Å². The van der Waals surface area contributed by atoms with Crippen molar-refractivity contribution in [3.63, 3.8) is 0 Å². The highest BCUT2D eigenvalue weighted by molar-refractivity contribution is 5.92. The Morgan fingerprint density at radius 2 is 1.61 bits per heavy atom. The van der Waals surface area contributed by atoms with E-state index in [0.717, 1.165) is 11.1 Å². The number of rotatable bonds is 8. The Balaban J connectivity index is 1.77. The molecule has 0 aliphatic heterocycles. The molecule has 0 radical (unpaired) electrons. The molecule has 1 amide bonds. The third kappa shape index (κ3) is 7.15. The molecule has 8 nitrogen and oxygen atoms in total. The first-order valence-electron chi connectivity index (χ1n) is 11.6. The van der Waals surface area contributed by atoms with Crippen molar-refractivity contribution in [3.05, 3.63) is 99.6 Å². The molecule has 0 unspecified atom stereocenters. The van der Waals surface area contributed by atoms with Gasteiger partial charge in [-0.15, -0.1) is 0 Å². The van der Waals surface area contributed by atoms with Crippen LogP contribution in [0.25, 0.3) is 11.1 Å². The maximum Gasteiger partial charge on any atom is 0.410 e. The molecule has 0 saturated heterocycles. The molecule has 36 heavy (non-hydrogen) atoms. The molecule has 0 N–H and O–H groups in total. The Labute approximate surface area is 210 Å². The van der Waals surface area contributed by atoms with Crippen LogP contribution in [0.4, 0.5) is 10.5 Å². The molecule has 8 heteroatoms. The van der Waals surface area contributed by atoms with Gasteiger partial charge in [0.15, 0.2) is 0 Å². The summed E-state index contributed by atoms with van der Waals surface area (Å²) in [6.45, 7) is 6.37. The van der Waals surface area contributed by atoms with E-state index in [4.69, 9.17) is 4.74 Å². The molecule has 3 aromatic rings. The largest absolute Gasteiger partial charge is 0.465 e. The highest BCUT2D eigenvalue weighted by Crippen LogP contribution is 2.31. The number of amides is 1. The number of esters is 1. The topological polar surface area (TPSA) is 99.0 Å². The van der Waals surface area contributed by atoms with E-state index in [2.05, 4.69) is 4.74 Å². The fraction of sp³-hybridized carbons (Fsp3) is 0.286. The van der Waals surface area contributed by atoms with Gasteiger partial charge in [-0.2, -0.15) is 0 Å². The van der Waals surface area contributed by atoms with E-state index in [9.17, 15) is 19.7 Å². The number of hydrogen-bond acceptors (Lipinski definition) is 6. The zero-order valence-electron chi connectivity index (χ0n) is 20.9. The highest BCUT2D eigenvalue weighted by atomic mass is 16.6. The van der Waals surface area contributed by atoms with Gasteiger partial charge in [0.25, 0.3) is 5.69 Å². The second kappa shape index (κ2) is 11.5. The Kier molecular flexibility index (Phi) is 8.42. The maximum atomic E-state index is 12.8. The maximum absolute atomic E-state index is 12.8. The van der Waals surface area contributed by atoms with Crippen LogP contribution in [0.3, 0.4) is 0 Å². The van der Waals surface area contributed by atoms with Crippen LogP contribution in [0.15, 0.2) is 72.8 Å². The number of methoxy groups -OCH3 is 1. The van der Waals surface area contributed by atoms with Crippen molar-refractivity contribution in [3.8, 4) is 11.1 Å². The molecular weight excluding hydrogens is 460 g/mol. The van der Waals surface area contributed by atoms with Crippen LogP contribution in [0.5, 0.6) is 0 Å². The lowest BCUT2D eigenvalue weighted by atomic mass is 9.99. The Bertz CT molecular complexity index is 1220. The van der Waals surface area contributed by atoms with E-state index >= 15 is 0 Å². The molecule has 3 aromatic carbocycles. The van der Waals surface area contributed by atoms with Gasteiger partial charge in [0, 0.05) is 19.2 Å². The van der Waals surface area contributed by atoms with Gasteiger partial charge in [-0.25, -0.2) is 9.59 Å². The van der Waals surface area contributed by atoms with Crippen molar-refractivity contribution >= 4 is 17.7 Å². The number of nitrogens with zero attached hydrogens (tertiary/aromatic N) is 2. The third-order valence-electron chi connectivity index (χ3n) is 5.42. The monoisotopic (exact) mass is 490 g/mol. The predicted octanol–water partition coefficient (Wildman–Crippen LogP) is 6.03. The molecule has 0 bridgehead atoms. The average molecular weight is 491 g/mol. The first-order valence-corrected chi connectivity index (χ1v) is 11.6. The second-order valence-corrected chi connectivity index (χ2v) is 9.32. The third-order valence-corrected chi connectivity index (χ3v) is 5.42. The van der Waals surface area contributed by atoms with Gasteiger partial charge in [-0.1, -0.05) is 54.6 Å². The van der Waals surface area contributed by atoms with Gasteiger partial charge >= 0.3 is 12.1 Å². The van der Waals surface area contributed by atoms with Gasteiger partial charge in [0.1, 0.15) is 5.60 Å². The molecule has 0 atom stereocenters. The molecule has 3 rings (SSSR count). The summed E-state index contributed by atoms with van der Waals surface area (Å²) >= 11 is 0. The minimum Gasteiger partial charge on any atom is -0.465 e. The lowest BCUT2D eigenvalue weighted by Gasteiger charge is -2.27. The number of hydrogen-bond donors (Lipinski definition) is 0. The Hall–Kier alpha value is -4.20. The van der Waals surface area contributed by atoms with Crippen LogP contribution in [-0.4, -0.2) is 41.1 Å². The standard InChI is InChI=1S/C28H30N2O6/c1-28(2,3)36-27(32)29(19-21-8-6-5-7-9-21)17-16-20-10-12-22(13-11-20)24-15-14-23(26(31)35-4)18-25(24)30(33)34/h5-15,18H,16-17,19H2,1-4H3. The molecule has 0 spiro atoms. The van der Waals surface area contributed by atoms with E-state index in [1.54, 1.807) is 23.1 Å². The number of carbonyl (C=O) groups is 2. The molecule has 188 valence electrons. The molecule has 0 saturated carbocycles. The van der Waals surface area contributed by atoms with Gasteiger partial charge < -0.3 is 14.4 Å². The summed E-state index contributed by atoms with van der Waals surface area (Å²) in [4.78, 5) is 37.4. The summed E-state index contributed by atoms with van der Waals surface area (Å²) in [7, 11) is 1.23. The Morgan fingerprint density at radius 1 is 0.944 bits per heavy atom. The van der Waals surface area contributed by atoms with Crippen LogP contribution >= 0.6 is 0 Å². The number of benzene rings is 3. The van der Waals surface area contributed by atoms with Crippen molar-refractivity contribution in [1.29, 1.82) is 0 Å². The van der Waals surface area contributed by atoms with Crippen molar-refractivity contribution in [2.45, 2.75) is 39.3 Å². The summed E-state index contributed by atoms with van der Waals surface area (Å²) in [5, 5.41) is 11.6. The van der Waals surface area contributed by atoms with Crippen molar-refractivity contribution in [2.75, 3.05) is 13.7 Å². The first-order chi connectivity index (χ1) is 17.1. The molecule has 0 aliphatic rings. The normalized spacial score (nSPS) is 11.0. The van der Waals surface area contributed by atoms with Crippen LogP contribution in [-0.2, 0) is 22.4 Å². The number of nitro benzene ring substituents is 1. The summed E-state index contributed by atoms with van der Waals surface area (Å²) in [5.41, 5.74) is 2.35. The quantitative estimate of drug-likeness (QED) is 0.217. The summed E-state index contributed by atoms with van der Waals surface area (Å²) in [6, 6.07) is 21.3. The van der Waals surface area contributed by atoms with E-state index in [1.807, 2.05) is 63.2 Å². The van der Waals surface area contributed by atoms with Gasteiger partial charge in [-0.3, -0.25) is 10.1 Å². The minimum absolute atomic E-state index is 0.116. The van der Waals surface area contributed by atoms with Crippen molar-refractivity contribution in [2.24, 2.45) is 0 Å². The lowest BCUT2D eigenvalue weighted by Crippen LogP contribution is -2.37. The molecule has 0 heterocycles. The van der Waals surface area contributed by atoms with Crippen LogP contribution in [0.1, 0.15) is 42.3 Å². The van der Waals surface area contributed by atoms with Crippen LogP contribution < -0.4 is 0 Å². The first kappa shape index (κ1) is 26.4. The molecule has 0 fully saturated rings. The van der Waals surface area contributed by atoms with E-state index in [1.165, 1.54) is 19.2 Å². The summed E-state index contributed by atoms with van der Waals surface area (Å²) in [6.07, 6.45) is 0.194. The predicted molar refractivity (Wildman–Crippen MR) is 137 cm³/mol. The smallest absolute Gasteiger partial charge is 0.410 e. The fourth-order valence-corrected chi connectivity index (χ4v) is 3.65. The van der Waals surface area contributed by atoms with Crippen molar-refractivity contribution in [1.82, 2.24) is 4.90 Å². The van der Waals surface area contributed by atoms with E-state index in [-0.39, 0.29) is 17.3 Å². The molecular formula is C28H30N2O6. The zero-order chi connectivity index (χ0) is 26.3. The highest BCUT2D eigenvalue weighted by Gasteiger charge is 2.23. The number of nitro groups is 1. The van der Waals surface area contributed by atoms with Gasteiger partial charge in [0.05, 0.1) is 23.2 Å². The minimum atomic E-state index is -0.634. The number of carbonyl (C=O) groups excluding carboxylic acids is 2. The Morgan fingerprint density at radius 3 is 2.19 bits per heavy atom. The zero-order valence-corrected chi connectivity index (χ0v) is 20.9. The average Bonchev–Trinajstić information content (AvgIpc) is 2.85. The van der Waals surface area contributed by atoms with E-state index < -0.39 is 16.5 Å². The molecule has 0 aliphatic carbocycles. The summed E-state index contributed by atoms with van der Waals surface area (Å²) < 4.78 is 10.3. The number of ether oxygens (including phenoxy) is 2. The van der Waals surface area contributed by atoms with Crippen LogP contribution in [0.2, 0.25) is 0 Å². The van der Waals surface area contributed by atoms with Gasteiger partial charge in [0.2, 0.25) is 0 Å². The SMILES string of the molecule is COC(=O)c1ccc(-c2ccc(CCN(Cc3ccccc3)C(=O)OC(C)(C)C)cc2)c([N+](=O)[O-])c1.